The van der Waals surface area contributed by atoms with Gasteiger partial charge in [0, 0.05) is 9.91 Å². The Morgan fingerprint density at radius 1 is 1.48 bits per heavy atom. The van der Waals surface area contributed by atoms with Gasteiger partial charge in [-0.2, -0.15) is 4.37 Å². The van der Waals surface area contributed by atoms with Crippen molar-refractivity contribution in [2.45, 2.75) is 59.0 Å². The molecule has 0 bridgehead atoms. The molecule has 2 rings (SSSR count). The minimum Gasteiger partial charge on any atom is -0.442 e. The van der Waals surface area contributed by atoms with Gasteiger partial charge in [0.2, 0.25) is 0 Å². The standard InChI is InChI=1S/C15H21ClN2O2S/c1-4-13-14(9(2)18-21-13)17-15(19)20-10(3)11-7-5-6-8-12(11)16/h10H,4-8H2,1-3H3,(H,17,19). The molecule has 21 heavy (non-hydrogen) atoms. The lowest BCUT2D eigenvalue weighted by atomic mass is 9.96. The van der Waals surface area contributed by atoms with Gasteiger partial charge in [0.05, 0.1) is 11.4 Å². The lowest BCUT2D eigenvalue weighted by molar-refractivity contribution is 0.134. The van der Waals surface area contributed by atoms with Crippen LogP contribution in [0.1, 0.15) is 50.1 Å². The maximum Gasteiger partial charge on any atom is 0.412 e. The van der Waals surface area contributed by atoms with Gasteiger partial charge in [0.1, 0.15) is 6.10 Å². The number of allylic oxidation sites excluding steroid dienone is 1. The first kappa shape index (κ1) is 16.3. The molecule has 4 nitrogen and oxygen atoms in total. The molecule has 0 saturated heterocycles. The Balaban J connectivity index is 2.00. The minimum absolute atomic E-state index is 0.283. The molecule has 1 N–H and O–H groups in total. The average Bonchev–Trinajstić information content (AvgIpc) is 2.80. The number of carbonyl (C=O) groups excluding carboxylic acids is 1. The van der Waals surface area contributed by atoms with Crippen molar-refractivity contribution < 1.29 is 9.53 Å². The molecule has 0 aromatic carbocycles. The van der Waals surface area contributed by atoms with Gasteiger partial charge in [-0.15, -0.1) is 0 Å². The molecule has 1 aliphatic rings. The summed E-state index contributed by atoms with van der Waals surface area (Å²) < 4.78 is 9.74. The van der Waals surface area contributed by atoms with Gasteiger partial charge >= 0.3 is 6.09 Å². The quantitative estimate of drug-likeness (QED) is 0.844. The predicted octanol–water partition coefficient (Wildman–Crippen LogP) is 5.02. The lowest BCUT2D eigenvalue weighted by Crippen LogP contribution is -2.23. The molecule has 0 fully saturated rings. The van der Waals surface area contributed by atoms with Crippen molar-refractivity contribution in [1.29, 1.82) is 0 Å². The number of carbonyl (C=O) groups is 1. The van der Waals surface area contributed by atoms with Crippen LogP contribution in [0.2, 0.25) is 0 Å². The summed E-state index contributed by atoms with van der Waals surface area (Å²) >= 11 is 7.65. The number of nitrogens with one attached hydrogen (secondary N) is 1. The molecule has 1 unspecified atom stereocenters. The summed E-state index contributed by atoms with van der Waals surface area (Å²) in [5, 5.41) is 3.67. The third kappa shape index (κ3) is 3.98. The van der Waals surface area contributed by atoms with E-state index in [2.05, 4.69) is 9.69 Å². The van der Waals surface area contributed by atoms with Gasteiger partial charge in [-0.1, -0.05) is 18.5 Å². The number of hydrogen-bond acceptors (Lipinski definition) is 4. The summed E-state index contributed by atoms with van der Waals surface area (Å²) in [6.07, 6.45) is 4.13. The molecule has 1 atom stereocenters. The van der Waals surface area contributed by atoms with E-state index in [1.807, 2.05) is 20.8 Å². The molecule has 1 aromatic rings. The number of amides is 1. The maximum atomic E-state index is 12.1. The first-order chi connectivity index (χ1) is 10.0. The first-order valence-electron chi connectivity index (χ1n) is 7.33. The van der Waals surface area contributed by atoms with Crippen molar-refractivity contribution in [3.8, 4) is 0 Å². The fourth-order valence-electron chi connectivity index (χ4n) is 2.50. The highest BCUT2D eigenvalue weighted by Gasteiger charge is 2.21. The highest BCUT2D eigenvalue weighted by molar-refractivity contribution is 7.06. The zero-order valence-corrected chi connectivity index (χ0v) is 14.2. The van der Waals surface area contributed by atoms with Gasteiger partial charge in [-0.05, 0) is 63.1 Å². The van der Waals surface area contributed by atoms with Gasteiger partial charge in [0.25, 0.3) is 0 Å². The SMILES string of the molecule is CCc1snc(C)c1NC(=O)OC(C)C1=C(Cl)CCCC1. The third-order valence-electron chi connectivity index (χ3n) is 3.70. The van der Waals surface area contributed by atoms with Crippen LogP contribution in [0.4, 0.5) is 10.5 Å². The van der Waals surface area contributed by atoms with Crippen molar-refractivity contribution in [3.63, 3.8) is 0 Å². The molecule has 1 aliphatic carbocycles. The number of aryl methyl sites for hydroxylation is 2. The van der Waals surface area contributed by atoms with Crippen molar-refractivity contribution in [1.82, 2.24) is 4.37 Å². The largest absolute Gasteiger partial charge is 0.442 e. The predicted molar refractivity (Wildman–Crippen MR) is 87.1 cm³/mol. The van der Waals surface area contributed by atoms with Crippen LogP contribution in [0.25, 0.3) is 0 Å². The highest BCUT2D eigenvalue weighted by atomic mass is 35.5. The lowest BCUT2D eigenvalue weighted by Gasteiger charge is -2.22. The molecular weight excluding hydrogens is 308 g/mol. The van der Waals surface area contributed by atoms with Gasteiger partial charge in [-0.3, -0.25) is 5.32 Å². The Morgan fingerprint density at radius 3 is 2.86 bits per heavy atom. The number of aromatic nitrogens is 1. The number of ether oxygens (including phenoxy) is 1. The fraction of sp³-hybridized carbons (Fsp3) is 0.600. The van der Waals surface area contributed by atoms with E-state index in [4.69, 9.17) is 16.3 Å². The maximum absolute atomic E-state index is 12.1. The summed E-state index contributed by atoms with van der Waals surface area (Å²) in [4.78, 5) is 13.1. The summed E-state index contributed by atoms with van der Waals surface area (Å²) in [5.74, 6) is 0. The Hall–Kier alpha value is -1.07. The van der Waals surface area contributed by atoms with Crippen LogP contribution in [0.5, 0.6) is 0 Å². The first-order valence-corrected chi connectivity index (χ1v) is 8.48. The van der Waals surface area contributed by atoms with E-state index < -0.39 is 6.09 Å². The topological polar surface area (TPSA) is 51.2 Å². The van der Waals surface area contributed by atoms with Gasteiger partial charge in [-0.25, -0.2) is 4.79 Å². The number of nitrogens with zero attached hydrogens (tertiary/aromatic N) is 1. The second kappa shape index (κ2) is 7.27. The van der Waals surface area contributed by atoms with Crippen molar-refractivity contribution in [2.75, 3.05) is 5.32 Å². The zero-order chi connectivity index (χ0) is 15.4. The van der Waals surface area contributed by atoms with E-state index in [1.165, 1.54) is 11.5 Å². The highest BCUT2D eigenvalue weighted by Crippen LogP contribution is 2.31. The molecule has 0 radical (unpaired) electrons. The number of hydrogen-bond donors (Lipinski definition) is 1. The number of rotatable bonds is 4. The Labute approximate surface area is 134 Å². The minimum atomic E-state index is -0.442. The van der Waals surface area contributed by atoms with Crippen LogP contribution in [-0.4, -0.2) is 16.6 Å². The monoisotopic (exact) mass is 328 g/mol. The summed E-state index contributed by atoms with van der Waals surface area (Å²) in [5.41, 5.74) is 2.66. The third-order valence-corrected chi connectivity index (χ3v) is 5.21. The smallest absolute Gasteiger partial charge is 0.412 e. The average molecular weight is 329 g/mol. The van der Waals surface area contributed by atoms with Crippen molar-refractivity contribution in [2.24, 2.45) is 0 Å². The van der Waals surface area contributed by atoms with Crippen LogP contribution in [0, 0.1) is 6.92 Å². The van der Waals surface area contributed by atoms with Crippen LogP contribution in [0.15, 0.2) is 10.6 Å². The van der Waals surface area contributed by atoms with Crippen LogP contribution in [0.3, 0.4) is 0 Å². The molecule has 1 amide bonds. The van der Waals surface area contributed by atoms with Crippen LogP contribution < -0.4 is 5.32 Å². The Kier molecular flexibility index (Phi) is 5.65. The number of halogens is 1. The Morgan fingerprint density at radius 2 is 2.19 bits per heavy atom. The summed E-state index contributed by atoms with van der Waals surface area (Å²) in [6.45, 7) is 5.80. The molecule has 1 aromatic heterocycles. The number of anilines is 1. The summed E-state index contributed by atoms with van der Waals surface area (Å²) in [6, 6.07) is 0. The molecule has 116 valence electrons. The molecule has 0 aliphatic heterocycles. The van der Waals surface area contributed by atoms with Gasteiger partial charge < -0.3 is 4.74 Å². The van der Waals surface area contributed by atoms with E-state index in [0.717, 1.165) is 59.0 Å². The van der Waals surface area contributed by atoms with Gasteiger partial charge in [0.15, 0.2) is 0 Å². The van der Waals surface area contributed by atoms with E-state index in [1.54, 1.807) is 0 Å². The second-order valence-corrected chi connectivity index (χ2v) is 6.54. The van der Waals surface area contributed by atoms with Crippen molar-refractivity contribution >= 4 is 34.9 Å². The van der Waals surface area contributed by atoms with Crippen LogP contribution in [-0.2, 0) is 11.2 Å². The molecule has 1 heterocycles. The molecule has 6 heteroatoms. The fourth-order valence-corrected chi connectivity index (χ4v) is 3.64. The second-order valence-electron chi connectivity index (χ2n) is 5.23. The van der Waals surface area contributed by atoms with E-state index in [-0.39, 0.29) is 6.10 Å². The Bertz CT molecular complexity index is 554. The molecular formula is C15H21ClN2O2S. The van der Waals surface area contributed by atoms with E-state index in [0.29, 0.717) is 0 Å². The van der Waals surface area contributed by atoms with Crippen LogP contribution >= 0.6 is 23.1 Å². The zero-order valence-electron chi connectivity index (χ0n) is 12.7. The van der Waals surface area contributed by atoms with E-state index >= 15 is 0 Å². The normalized spacial score (nSPS) is 16.8. The molecule has 0 spiro atoms. The van der Waals surface area contributed by atoms with Crippen molar-refractivity contribution in [3.05, 3.63) is 21.2 Å². The van der Waals surface area contributed by atoms with E-state index in [9.17, 15) is 4.79 Å². The molecule has 0 saturated carbocycles. The summed E-state index contributed by atoms with van der Waals surface area (Å²) in [7, 11) is 0.